The molecule has 0 spiro atoms. The van der Waals surface area contributed by atoms with E-state index in [1.54, 1.807) is 17.5 Å². The molecule has 0 aliphatic carbocycles. The number of carbonyl (C=O) groups is 1. The number of sulfonamides is 1. The zero-order valence-electron chi connectivity index (χ0n) is 9.00. The Morgan fingerprint density at radius 3 is 2.53 bits per heavy atom. The highest BCUT2D eigenvalue weighted by Crippen LogP contribution is 2.26. The fraction of sp³-hybridized carbons (Fsp3) is 0.500. The molecule has 7 heteroatoms. The largest absolute Gasteiger partial charge is 0.281 e. The van der Waals surface area contributed by atoms with Crippen molar-refractivity contribution in [3.63, 3.8) is 0 Å². The Balaban J connectivity index is 2.09. The van der Waals surface area contributed by atoms with Crippen molar-refractivity contribution in [1.82, 2.24) is 4.31 Å². The average molecular weight is 294 g/mol. The third-order valence-electron chi connectivity index (χ3n) is 2.86. The van der Waals surface area contributed by atoms with E-state index in [-0.39, 0.29) is 11.2 Å². The van der Waals surface area contributed by atoms with E-state index in [0.717, 1.165) is 0 Å². The van der Waals surface area contributed by atoms with Crippen molar-refractivity contribution in [2.24, 2.45) is 5.92 Å². The van der Waals surface area contributed by atoms with Gasteiger partial charge in [0.05, 0.1) is 0 Å². The maximum absolute atomic E-state index is 12.1. The van der Waals surface area contributed by atoms with Gasteiger partial charge in [-0.3, -0.25) is 4.79 Å². The molecular weight excluding hydrogens is 282 g/mol. The zero-order valence-corrected chi connectivity index (χ0v) is 11.4. The van der Waals surface area contributed by atoms with Crippen LogP contribution in [0.1, 0.15) is 12.8 Å². The van der Waals surface area contributed by atoms with Crippen LogP contribution in [0, 0.1) is 5.92 Å². The van der Waals surface area contributed by atoms with Gasteiger partial charge < -0.3 is 0 Å². The van der Waals surface area contributed by atoms with Gasteiger partial charge in [0.25, 0.3) is 10.0 Å². The van der Waals surface area contributed by atoms with Crippen LogP contribution in [0.5, 0.6) is 0 Å². The van der Waals surface area contributed by atoms with Gasteiger partial charge in [0.1, 0.15) is 4.21 Å². The summed E-state index contributed by atoms with van der Waals surface area (Å²) in [7, 11) is -3.37. The molecule has 1 fully saturated rings. The van der Waals surface area contributed by atoms with Crippen molar-refractivity contribution in [2.45, 2.75) is 17.1 Å². The zero-order chi connectivity index (χ0) is 12.5. The van der Waals surface area contributed by atoms with Crippen LogP contribution < -0.4 is 0 Å². The number of nitrogens with zero attached hydrogens (tertiary/aromatic N) is 1. The van der Waals surface area contributed by atoms with E-state index in [9.17, 15) is 13.2 Å². The van der Waals surface area contributed by atoms with Gasteiger partial charge in [-0.25, -0.2) is 8.42 Å². The number of piperidine rings is 1. The van der Waals surface area contributed by atoms with Gasteiger partial charge in [0, 0.05) is 19.0 Å². The highest BCUT2D eigenvalue weighted by molar-refractivity contribution is 7.91. The molecule has 2 heterocycles. The van der Waals surface area contributed by atoms with Crippen LogP contribution in [0.25, 0.3) is 0 Å². The molecule has 17 heavy (non-hydrogen) atoms. The first kappa shape index (κ1) is 13.0. The van der Waals surface area contributed by atoms with E-state index in [1.807, 2.05) is 0 Å². The molecule has 1 aromatic rings. The minimum absolute atomic E-state index is 0.202. The minimum Gasteiger partial charge on any atom is -0.281 e. The smallest absolute Gasteiger partial charge is 0.252 e. The van der Waals surface area contributed by atoms with Crippen LogP contribution in [-0.2, 0) is 14.8 Å². The third-order valence-corrected chi connectivity index (χ3v) is 6.44. The predicted molar refractivity (Wildman–Crippen MR) is 66.7 cm³/mol. The second-order valence-electron chi connectivity index (χ2n) is 3.91. The molecule has 1 saturated heterocycles. The summed E-state index contributed by atoms with van der Waals surface area (Å²) in [6, 6.07) is 3.31. The first-order valence-electron chi connectivity index (χ1n) is 5.25. The summed E-state index contributed by atoms with van der Waals surface area (Å²) in [5.74, 6) is -0.202. The van der Waals surface area contributed by atoms with Crippen LogP contribution in [0.4, 0.5) is 0 Å². The van der Waals surface area contributed by atoms with Crippen LogP contribution >= 0.6 is 22.9 Å². The quantitative estimate of drug-likeness (QED) is 0.800. The van der Waals surface area contributed by atoms with Crippen molar-refractivity contribution in [3.8, 4) is 0 Å². The fourth-order valence-corrected chi connectivity index (χ4v) is 4.69. The molecule has 2 rings (SSSR count). The number of halogens is 1. The van der Waals surface area contributed by atoms with Crippen LogP contribution in [0.3, 0.4) is 0 Å². The van der Waals surface area contributed by atoms with Crippen LogP contribution in [0.15, 0.2) is 21.7 Å². The van der Waals surface area contributed by atoms with E-state index in [0.29, 0.717) is 30.1 Å². The molecule has 1 aliphatic rings. The SMILES string of the molecule is O=C(Cl)C1CCN(S(=O)(=O)c2cccs2)CC1. The summed E-state index contributed by atoms with van der Waals surface area (Å²) >= 11 is 6.62. The lowest BCUT2D eigenvalue weighted by molar-refractivity contribution is -0.116. The van der Waals surface area contributed by atoms with Crippen molar-refractivity contribution in [1.29, 1.82) is 0 Å². The monoisotopic (exact) mass is 293 g/mol. The first-order chi connectivity index (χ1) is 8.01. The number of rotatable bonds is 3. The van der Waals surface area contributed by atoms with E-state index in [1.165, 1.54) is 15.6 Å². The van der Waals surface area contributed by atoms with Gasteiger partial charge >= 0.3 is 0 Å². The van der Waals surface area contributed by atoms with Crippen molar-refractivity contribution < 1.29 is 13.2 Å². The molecule has 0 atom stereocenters. The van der Waals surface area contributed by atoms with Gasteiger partial charge in [-0.15, -0.1) is 11.3 Å². The van der Waals surface area contributed by atoms with Gasteiger partial charge in [0.2, 0.25) is 5.24 Å². The molecule has 0 radical (unpaired) electrons. The summed E-state index contributed by atoms with van der Waals surface area (Å²) in [5, 5.41) is 1.38. The van der Waals surface area contributed by atoms with Gasteiger partial charge in [-0.2, -0.15) is 4.31 Å². The Bertz CT molecular complexity index is 490. The van der Waals surface area contributed by atoms with E-state index in [2.05, 4.69) is 0 Å². The Kier molecular flexibility index (Phi) is 3.87. The van der Waals surface area contributed by atoms with Gasteiger partial charge in [0.15, 0.2) is 0 Å². The second kappa shape index (κ2) is 5.06. The molecular formula is C10H12ClNO3S2. The lowest BCUT2D eigenvalue weighted by Gasteiger charge is -2.28. The lowest BCUT2D eigenvalue weighted by Crippen LogP contribution is -2.39. The molecule has 94 valence electrons. The maximum Gasteiger partial charge on any atom is 0.252 e. The Morgan fingerprint density at radius 1 is 1.41 bits per heavy atom. The molecule has 1 aliphatic heterocycles. The summed E-state index contributed by atoms with van der Waals surface area (Å²) in [5.41, 5.74) is 0. The van der Waals surface area contributed by atoms with Crippen LogP contribution in [-0.4, -0.2) is 31.1 Å². The molecule has 0 saturated carbocycles. The topological polar surface area (TPSA) is 54.5 Å². The molecule has 1 aromatic heterocycles. The average Bonchev–Trinajstić information content (AvgIpc) is 2.83. The molecule has 0 unspecified atom stereocenters. The van der Waals surface area contributed by atoms with Crippen molar-refractivity contribution in [2.75, 3.05) is 13.1 Å². The van der Waals surface area contributed by atoms with Gasteiger partial charge in [-0.05, 0) is 35.9 Å². The summed E-state index contributed by atoms with van der Waals surface area (Å²) in [6.45, 7) is 0.729. The molecule has 0 N–H and O–H groups in total. The number of hydrogen-bond donors (Lipinski definition) is 0. The molecule has 0 amide bonds. The standard InChI is InChI=1S/C10H12ClNO3S2/c11-10(13)8-3-5-12(6-4-8)17(14,15)9-2-1-7-16-9/h1-2,7-8H,3-6H2. The van der Waals surface area contributed by atoms with Gasteiger partial charge in [-0.1, -0.05) is 6.07 Å². The molecule has 0 aromatic carbocycles. The normalized spacial score (nSPS) is 19.4. The summed E-state index contributed by atoms with van der Waals surface area (Å²) in [6.07, 6.45) is 1.01. The summed E-state index contributed by atoms with van der Waals surface area (Å²) in [4.78, 5) is 11.0. The predicted octanol–water partition coefficient (Wildman–Crippen LogP) is 1.91. The Morgan fingerprint density at radius 2 is 2.06 bits per heavy atom. The van der Waals surface area contributed by atoms with E-state index in [4.69, 9.17) is 11.6 Å². The Hall–Kier alpha value is -0.430. The minimum atomic E-state index is -3.37. The summed E-state index contributed by atoms with van der Waals surface area (Å²) < 4.78 is 26.1. The maximum atomic E-state index is 12.1. The second-order valence-corrected chi connectivity index (χ2v) is 7.40. The lowest BCUT2D eigenvalue weighted by atomic mass is 10.00. The third kappa shape index (κ3) is 2.70. The van der Waals surface area contributed by atoms with Crippen molar-refractivity contribution >= 4 is 38.2 Å². The Labute approximate surface area is 109 Å². The number of thiophene rings is 1. The van der Waals surface area contributed by atoms with E-state index < -0.39 is 10.0 Å². The number of hydrogen-bond acceptors (Lipinski definition) is 4. The highest BCUT2D eigenvalue weighted by Gasteiger charge is 2.31. The fourth-order valence-electron chi connectivity index (χ4n) is 1.86. The highest BCUT2D eigenvalue weighted by atomic mass is 35.5. The van der Waals surface area contributed by atoms with Crippen LogP contribution in [0.2, 0.25) is 0 Å². The van der Waals surface area contributed by atoms with Crippen molar-refractivity contribution in [3.05, 3.63) is 17.5 Å². The number of carbonyl (C=O) groups excluding carboxylic acids is 1. The molecule has 4 nitrogen and oxygen atoms in total. The first-order valence-corrected chi connectivity index (χ1v) is 7.94. The molecule has 0 bridgehead atoms. The van der Waals surface area contributed by atoms with E-state index >= 15 is 0 Å².